The van der Waals surface area contributed by atoms with Gasteiger partial charge in [0.2, 0.25) is 0 Å². The quantitative estimate of drug-likeness (QED) is 0.865. The lowest BCUT2D eigenvalue weighted by Gasteiger charge is -2.23. The number of carbonyl (C=O) groups is 1. The van der Waals surface area contributed by atoms with Crippen molar-refractivity contribution in [3.8, 4) is 5.75 Å². The molecule has 0 N–H and O–H groups in total. The number of rotatable bonds is 3. The van der Waals surface area contributed by atoms with E-state index in [1.54, 1.807) is 0 Å². The monoisotopic (exact) mass is 295 g/mol. The van der Waals surface area contributed by atoms with Crippen LogP contribution in [-0.2, 0) is 11.2 Å². The van der Waals surface area contributed by atoms with Gasteiger partial charge < -0.3 is 9.64 Å². The molecule has 1 aliphatic heterocycles. The van der Waals surface area contributed by atoms with Crippen molar-refractivity contribution in [1.29, 1.82) is 0 Å². The first-order valence-electron chi connectivity index (χ1n) is 7.66. The van der Waals surface area contributed by atoms with Gasteiger partial charge in [0.25, 0.3) is 5.91 Å². The summed E-state index contributed by atoms with van der Waals surface area (Å²) in [6.07, 6.45) is 0.908. The fraction of sp³-hybridized carbons (Fsp3) is 0.316. The summed E-state index contributed by atoms with van der Waals surface area (Å²) in [7, 11) is 0. The summed E-state index contributed by atoms with van der Waals surface area (Å²) in [6.45, 7) is 6.20. The molecular weight excluding hydrogens is 274 g/mol. The highest BCUT2D eigenvalue weighted by Crippen LogP contribution is 2.32. The molecule has 0 aromatic heterocycles. The zero-order valence-corrected chi connectivity index (χ0v) is 13.3. The Morgan fingerprint density at radius 2 is 2.00 bits per heavy atom. The van der Waals surface area contributed by atoms with E-state index in [2.05, 4.69) is 19.1 Å². The van der Waals surface area contributed by atoms with Crippen LogP contribution < -0.4 is 9.64 Å². The van der Waals surface area contributed by atoms with Crippen LogP contribution in [-0.4, -0.2) is 18.6 Å². The Labute approximate surface area is 131 Å². The van der Waals surface area contributed by atoms with Crippen LogP contribution >= 0.6 is 0 Å². The number of hydrogen-bond acceptors (Lipinski definition) is 2. The van der Waals surface area contributed by atoms with E-state index in [0.29, 0.717) is 0 Å². The van der Waals surface area contributed by atoms with Crippen LogP contribution in [0, 0.1) is 13.8 Å². The Morgan fingerprint density at radius 3 is 2.77 bits per heavy atom. The fourth-order valence-electron chi connectivity index (χ4n) is 3.12. The minimum absolute atomic E-state index is 0.0115. The number of hydrogen-bond donors (Lipinski definition) is 0. The summed E-state index contributed by atoms with van der Waals surface area (Å²) in [6, 6.07) is 14.3. The zero-order chi connectivity index (χ0) is 15.7. The van der Waals surface area contributed by atoms with E-state index in [9.17, 15) is 4.79 Å². The minimum atomic E-state index is 0.0115. The topological polar surface area (TPSA) is 29.5 Å². The molecular formula is C19H21NO2. The second kappa shape index (κ2) is 5.84. The van der Waals surface area contributed by atoms with Crippen LogP contribution in [0.2, 0.25) is 0 Å². The lowest BCUT2D eigenvalue weighted by atomic mass is 10.1. The fourth-order valence-corrected chi connectivity index (χ4v) is 3.12. The average molecular weight is 295 g/mol. The molecule has 0 saturated carbocycles. The smallest absolute Gasteiger partial charge is 0.265 e. The van der Waals surface area contributed by atoms with Crippen molar-refractivity contribution in [2.45, 2.75) is 33.2 Å². The highest BCUT2D eigenvalue weighted by Gasteiger charge is 2.30. The number of fused-ring (bicyclic) bond motifs is 1. The Morgan fingerprint density at radius 1 is 1.23 bits per heavy atom. The van der Waals surface area contributed by atoms with Crippen molar-refractivity contribution in [1.82, 2.24) is 0 Å². The highest BCUT2D eigenvalue weighted by atomic mass is 16.5. The molecule has 3 nitrogen and oxygen atoms in total. The first-order valence-corrected chi connectivity index (χ1v) is 7.66. The maximum Gasteiger partial charge on any atom is 0.265 e. The molecule has 1 amide bonds. The lowest BCUT2D eigenvalue weighted by Crippen LogP contribution is -2.39. The van der Waals surface area contributed by atoms with Crippen LogP contribution in [0.25, 0.3) is 0 Å². The van der Waals surface area contributed by atoms with E-state index in [-0.39, 0.29) is 18.6 Å². The average Bonchev–Trinajstić information content (AvgIpc) is 2.82. The number of aryl methyl sites for hydroxylation is 2. The van der Waals surface area contributed by atoms with Gasteiger partial charge in [-0.3, -0.25) is 4.79 Å². The predicted molar refractivity (Wildman–Crippen MR) is 88.5 cm³/mol. The van der Waals surface area contributed by atoms with Gasteiger partial charge >= 0.3 is 0 Å². The second-order valence-corrected chi connectivity index (χ2v) is 6.00. The molecule has 1 unspecified atom stereocenters. The third-order valence-corrected chi connectivity index (χ3v) is 4.16. The zero-order valence-electron chi connectivity index (χ0n) is 13.3. The number of nitrogens with zero attached hydrogens (tertiary/aromatic N) is 1. The van der Waals surface area contributed by atoms with Crippen molar-refractivity contribution < 1.29 is 9.53 Å². The molecule has 0 bridgehead atoms. The number of amides is 1. The van der Waals surface area contributed by atoms with Gasteiger partial charge in [0.05, 0.1) is 0 Å². The maximum absolute atomic E-state index is 12.6. The van der Waals surface area contributed by atoms with Crippen molar-refractivity contribution in [3.63, 3.8) is 0 Å². The Bertz CT molecular complexity index is 708. The van der Waals surface area contributed by atoms with E-state index in [0.717, 1.165) is 23.4 Å². The van der Waals surface area contributed by atoms with E-state index >= 15 is 0 Å². The van der Waals surface area contributed by atoms with E-state index in [1.165, 1.54) is 11.1 Å². The van der Waals surface area contributed by atoms with Gasteiger partial charge in [-0.1, -0.05) is 35.9 Å². The molecule has 3 rings (SSSR count). The molecule has 0 aliphatic carbocycles. The standard InChI is InChI=1S/C19H21NO2/c1-13-8-9-18(14(2)10-13)22-12-19(21)20-15(3)11-16-6-4-5-7-17(16)20/h4-10,15H,11-12H2,1-3H3. The van der Waals surface area contributed by atoms with Crippen molar-refractivity contribution >= 4 is 11.6 Å². The molecule has 0 spiro atoms. The van der Waals surface area contributed by atoms with Crippen molar-refractivity contribution in [3.05, 3.63) is 59.2 Å². The number of benzene rings is 2. The van der Waals surface area contributed by atoms with Gasteiger partial charge in [-0.25, -0.2) is 0 Å². The third kappa shape index (κ3) is 2.71. The van der Waals surface area contributed by atoms with Gasteiger partial charge in [0, 0.05) is 11.7 Å². The first-order chi connectivity index (χ1) is 10.6. The first kappa shape index (κ1) is 14.6. The number of para-hydroxylation sites is 1. The molecule has 0 radical (unpaired) electrons. The van der Waals surface area contributed by atoms with Gasteiger partial charge in [-0.05, 0) is 50.5 Å². The van der Waals surface area contributed by atoms with Gasteiger partial charge in [-0.2, -0.15) is 0 Å². The number of ether oxygens (including phenoxy) is 1. The summed E-state index contributed by atoms with van der Waals surface area (Å²) < 4.78 is 5.74. The molecule has 1 atom stereocenters. The molecule has 1 heterocycles. The highest BCUT2D eigenvalue weighted by molar-refractivity contribution is 5.97. The van der Waals surface area contributed by atoms with E-state index in [1.807, 2.05) is 49.1 Å². The molecule has 1 aliphatic rings. The minimum Gasteiger partial charge on any atom is -0.483 e. The molecule has 114 valence electrons. The third-order valence-electron chi connectivity index (χ3n) is 4.16. The Kier molecular flexibility index (Phi) is 3.88. The SMILES string of the molecule is Cc1ccc(OCC(=O)N2c3ccccc3CC2C)c(C)c1. The number of carbonyl (C=O) groups excluding carboxylic acids is 1. The molecule has 0 fully saturated rings. The molecule has 0 saturated heterocycles. The van der Waals surface area contributed by atoms with Gasteiger partial charge in [0.1, 0.15) is 5.75 Å². The Balaban J connectivity index is 1.72. The molecule has 2 aromatic rings. The van der Waals surface area contributed by atoms with E-state index in [4.69, 9.17) is 4.74 Å². The lowest BCUT2D eigenvalue weighted by molar-refractivity contribution is -0.120. The Hall–Kier alpha value is -2.29. The summed E-state index contributed by atoms with van der Waals surface area (Å²) in [5.41, 5.74) is 4.50. The largest absolute Gasteiger partial charge is 0.483 e. The van der Waals surface area contributed by atoms with Gasteiger partial charge in [-0.15, -0.1) is 0 Å². The summed E-state index contributed by atoms with van der Waals surface area (Å²) >= 11 is 0. The molecule has 3 heteroatoms. The summed E-state index contributed by atoms with van der Waals surface area (Å²) in [5.74, 6) is 0.788. The summed E-state index contributed by atoms with van der Waals surface area (Å²) in [4.78, 5) is 14.4. The normalized spacial score (nSPS) is 16.5. The summed E-state index contributed by atoms with van der Waals surface area (Å²) in [5, 5.41) is 0. The van der Waals surface area contributed by atoms with Crippen LogP contribution in [0.1, 0.15) is 23.6 Å². The predicted octanol–water partition coefficient (Wildman–Crippen LogP) is 3.66. The van der Waals surface area contributed by atoms with Gasteiger partial charge in [0.15, 0.2) is 6.61 Å². The molecule has 2 aromatic carbocycles. The molecule has 22 heavy (non-hydrogen) atoms. The van der Waals surface area contributed by atoms with Crippen LogP contribution in [0.15, 0.2) is 42.5 Å². The second-order valence-electron chi connectivity index (χ2n) is 6.00. The number of anilines is 1. The van der Waals surface area contributed by atoms with Crippen LogP contribution in [0.4, 0.5) is 5.69 Å². The van der Waals surface area contributed by atoms with Crippen LogP contribution in [0.5, 0.6) is 5.75 Å². The van der Waals surface area contributed by atoms with Crippen molar-refractivity contribution in [2.24, 2.45) is 0 Å². The van der Waals surface area contributed by atoms with Crippen LogP contribution in [0.3, 0.4) is 0 Å². The van der Waals surface area contributed by atoms with E-state index < -0.39 is 0 Å². The van der Waals surface area contributed by atoms with Crippen molar-refractivity contribution in [2.75, 3.05) is 11.5 Å². The maximum atomic E-state index is 12.6.